The maximum Gasteiger partial charge on any atom is 0.339 e. The van der Waals surface area contributed by atoms with Crippen molar-refractivity contribution in [1.82, 2.24) is 0 Å². The SMILES string of the molecule is COCCOC(=O)C1=C(C)OC(N)=C(C#N)[C@]12C(=O)N(CC(=O)OC)c1ccccc12. The molecule has 1 amide bonds. The van der Waals surface area contributed by atoms with E-state index >= 15 is 0 Å². The number of nitriles is 1. The molecule has 1 aromatic rings. The fourth-order valence-corrected chi connectivity index (χ4v) is 3.85. The number of methoxy groups -OCH3 is 2. The van der Waals surface area contributed by atoms with Gasteiger partial charge in [0.1, 0.15) is 36.1 Å². The van der Waals surface area contributed by atoms with Gasteiger partial charge in [0.2, 0.25) is 11.8 Å². The molecule has 2 N–H and O–H groups in total. The van der Waals surface area contributed by atoms with E-state index in [-0.39, 0.29) is 36.0 Å². The lowest BCUT2D eigenvalue weighted by Crippen LogP contribution is -2.49. The molecule has 31 heavy (non-hydrogen) atoms. The molecule has 3 rings (SSSR count). The summed E-state index contributed by atoms with van der Waals surface area (Å²) in [5.74, 6) is -2.54. The molecule has 0 saturated carbocycles. The number of hydrogen-bond donors (Lipinski definition) is 1. The van der Waals surface area contributed by atoms with E-state index in [9.17, 15) is 19.6 Å². The quantitative estimate of drug-likeness (QED) is 0.511. The molecule has 0 bridgehead atoms. The van der Waals surface area contributed by atoms with Crippen LogP contribution in [0.3, 0.4) is 0 Å². The fourth-order valence-electron chi connectivity index (χ4n) is 3.85. The Hall–Kier alpha value is -3.84. The average molecular weight is 427 g/mol. The summed E-state index contributed by atoms with van der Waals surface area (Å²) in [6.45, 7) is 1.09. The number of carbonyl (C=O) groups excluding carboxylic acids is 3. The highest BCUT2D eigenvalue weighted by molar-refractivity contribution is 6.19. The third-order valence-electron chi connectivity index (χ3n) is 5.13. The molecule has 2 heterocycles. The minimum atomic E-state index is -1.92. The van der Waals surface area contributed by atoms with Gasteiger partial charge in [0, 0.05) is 18.4 Å². The van der Waals surface area contributed by atoms with E-state index < -0.39 is 29.8 Å². The molecular weight excluding hydrogens is 406 g/mol. The van der Waals surface area contributed by atoms with Crippen LogP contribution in [0.5, 0.6) is 0 Å². The highest BCUT2D eigenvalue weighted by Crippen LogP contribution is 2.54. The van der Waals surface area contributed by atoms with Crippen LogP contribution in [0.25, 0.3) is 0 Å². The summed E-state index contributed by atoms with van der Waals surface area (Å²) in [4.78, 5) is 40.1. The first kappa shape index (κ1) is 21.9. The van der Waals surface area contributed by atoms with Gasteiger partial charge in [-0.2, -0.15) is 5.26 Å². The van der Waals surface area contributed by atoms with Crippen LogP contribution < -0.4 is 10.6 Å². The van der Waals surface area contributed by atoms with Crippen LogP contribution in [-0.2, 0) is 38.7 Å². The Kier molecular flexibility index (Phi) is 5.99. The number of carbonyl (C=O) groups is 3. The second-order valence-electron chi connectivity index (χ2n) is 6.75. The second kappa shape index (κ2) is 8.49. The number of fused-ring (bicyclic) bond motifs is 2. The highest BCUT2D eigenvalue weighted by atomic mass is 16.6. The molecule has 1 aromatic carbocycles. The van der Waals surface area contributed by atoms with E-state index in [1.165, 1.54) is 21.1 Å². The van der Waals surface area contributed by atoms with Gasteiger partial charge >= 0.3 is 11.9 Å². The van der Waals surface area contributed by atoms with Crippen LogP contribution in [0.2, 0.25) is 0 Å². The maximum atomic E-state index is 13.9. The van der Waals surface area contributed by atoms with E-state index in [4.69, 9.17) is 24.7 Å². The van der Waals surface area contributed by atoms with Gasteiger partial charge in [0.05, 0.1) is 13.7 Å². The van der Waals surface area contributed by atoms with Crippen molar-refractivity contribution in [2.24, 2.45) is 5.73 Å². The van der Waals surface area contributed by atoms with Gasteiger partial charge < -0.3 is 24.7 Å². The fraction of sp³-hybridized carbons (Fsp3) is 0.333. The normalized spacial score (nSPS) is 19.8. The van der Waals surface area contributed by atoms with E-state index in [1.807, 2.05) is 6.07 Å². The number of nitrogens with zero attached hydrogens (tertiary/aromatic N) is 2. The number of allylic oxidation sites excluding steroid dienone is 1. The molecule has 10 nitrogen and oxygen atoms in total. The van der Waals surface area contributed by atoms with Gasteiger partial charge in [-0.15, -0.1) is 0 Å². The topological polar surface area (TPSA) is 141 Å². The van der Waals surface area contributed by atoms with Crippen LogP contribution in [0, 0.1) is 11.3 Å². The first-order valence-corrected chi connectivity index (χ1v) is 9.28. The van der Waals surface area contributed by atoms with Crippen molar-refractivity contribution in [1.29, 1.82) is 5.26 Å². The van der Waals surface area contributed by atoms with Crippen molar-refractivity contribution in [3.05, 3.63) is 52.6 Å². The zero-order valence-corrected chi connectivity index (χ0v) is 17.3. The van der Waals surface area contributed by atoms with Crippen molar-refractivity contribution in [3.8, 4) is 6.07 Å². The molecular formula is C21H21N3O7. The molecule has 0 aliphatic carbocycles. The Morgan fingerprint density at radius 2 is 1.97 bits per heavy atom. The number of nitrogens with two attached hydrogens (primary N) is 1. The Morgan fingerprint density at radius 1 is 1.26 bits per heavy atom. The van der Waals surface area contributed by atoms with Crippen molar-refractivity contribution >= 4 is 23.5 Å². The molecule has 2 aliphatic heterocycles. The molecule has 0 fully saturated rings. The van der Waals surface area contributed by atoms with Crippen molar-refractivity contribution in [2.75, 3.05) is 38.9 Å². The molecule has 2 aliphatic rings. The summed E-state index contributed by atoms with van der Waals surface area (Å²) in [7, 11) is 2.64. The predicted molar refractivity (Wildman–Crippen MR) is 106 cm³/mol. The summed E-state index contributed by atoms with van der Waals surface area (Å²) in [5, 5.41) is 9.92. The third kappa shape index (κ3) is 3.29. The van der Waals surface area contributed by atoms with Crippen molar-refractivity contribution in [3.63, 3.8) is 0 Å². The summed E-state index contributed by atoms with van der Waals surface area (Å²) in [6, 6.07) is 8.44. The number of ether oxygens (including phenoxy) is 4. The zero-order chi connectivity index (χ0) is 22.8. The van der Waals surface area contributed by atoms with Gasteiger partial charge in [-0.1, -0.05) is 18.2 Å². The first-order valence-electron chi connectivity index (χ1n) is 9.28. The lowest BCUT2D eigenvalue weighted by Gasteiger charge is -2.34. The molecule has 0 aromatic heterocycles. The molecule has 1 spiro atoms. The van der Waals surface area contributed by atoms with E-state index in [0.29, 0.717) is 11.3 Å². The summed E-state index contributed by atoms with van der Waals surface area (Å²) in [5.41, 5.74) is 4.27. The van der Waals surface area contributed by atoms with Gasteiger partial charge in [0.15, 0.2) is 5.41 Å². The van der Waals surface area contributed by atoms with Crippen LogP contribution in [0.15, 0.2) is 47.1 Å². The van der Waals surface area contributed by atoms with Gasteiger partial charge in [-0.3, -0.25) is 14.5 Å². The number of esters is 2. The van der Waals surface area contributed by atoms with E-state index in [0.717, 1.165) is 4.90 Å². The molecule has 0 saturated heterocycles. The molecule has 0 unspecified atom stereocenters. The largest absolute Gasteiger partial charge is 0.468 e. The molecule has 162 valence electrons. The standard InChI is InChI=1S/C21H21N3O7/c1-12-17(19(26)30-9-8-28-2)21(14(10-22)18(23)31-12)13-6-4-5-7-15(13)24(20(21)27)11-16(25)29-3/h4-7H,8-9,11,23H2,1-3H3/t21-/m0/s1. The Balaban J connectivity index is 2.27. The monoisotopic (exact) mass is 427 g/mol. The van der Waals surface area contributed by atoms with Gasteiger partial charge in [-0.25, -0.2) is 4.79 Å². The molecule has 10 heteroatoms. The van der Waals surface area contributed by atoms with Crippen molar-refractivity contribution < 1.29 is 33.3 Å². The lowest BCUT2D eigenvalue weighted by molar-refractivity contribution is -0.142. The number of benzene rings is 1. The molecule has 1 atom stereocenters. The predicted octanol–water partition coefficient (Wildman–Crippen LogP) is 0.632. The van der Waals surface area contributed by atoms with Crippen LogP contribution in [0.4, 0.5) is 5.69 Å². The second-order valence-corrected chi connectivity index (χ2v) is 6.75. The Bertz CT molecular complexity index is 1050. The smallest absolute Gasteiger partial charge is 0.339 e. The van der Waals surface area contributed by atoms with E-state index in [2.05, 4.69) is 0 Å². The van der Waals surface area contributed by atoms with Gasteiger partial charge in [-0.05, 0) is 13.0 Å². The minimum Gasteiger partial charge on any atom is -0.468 e. The molecule has 0 radical (unpaired) electrons. The van der Waals surface area contributed by atoms with E-state index in [1.54, 1.807) is 24.3 Å². The number of hydrogen-bond acceptors (Lipinski definition) is 9. The minimum absolute atomic E-state index is 0.0157. The van der Waals surface area contributed by atoms with Crippen LogP contribution in [0.1, 0.15) is 12.5 Å². The summed E-state index contributed by atoms with van der Waals surface area (Å²) in [6.07, 6.45) is 0. The Morgan fingerprint density at radius 3 is 2.61 bits per heavy atom. The van der Waals surface area contributed by atoms with Crippen LogP contribution in [-0.4, -0.2) is 51.8 Å². The number of rotatable bonds is 6. The summed E-state index contributed by atoms with van der Waals surface area (Å²) >= 11 is 0. The number of para-hydroxylation sites is 1. The summed E-state index contributed by atoms with van der Waals surface area (Å²) < 4.78 is 20.3. The third-order valence-corrected chi connectivity index (χ3v) is 5.13. The Labute approximate surface area is 178 Å². The zero-order valence-electron chi connectivity index (χ0n) is 17.3. The maximum absolute atomic E-state index is 13.9. The first-order chi connectivity index (χ1) is 14.8. The van der Waals surface area contributed by atoms with Crippen LogP contribution >= 0.6 is 0 Å². The van der Waals surface area contributed by atoms with Gasteiger partial charge in [0.25, 0.3) is 0 Å². The number of amides is 1. The van der Waals surface area contributed by atoms with Crippen molar-refractivity contribution in [2.45, 2.75) is 12.3 Å². The lowest BCUT2D eigenvalue weighted by atomic mass is 9.68. The highest BCUT2D eigenvalue weighted by Gasteiger charge is 2.62. The number of anilines is 1. The average Bonchev–Trinajstić information content (AvgIpc) is 2.97.